The molecule has 0 aliphatic carbocycles. The summed E-state index contributed by atoms with van der Waals surface area (Å²) >= 11 is 0. The number of imidazole rings is 1. The normalized spacial score (nSPS) is 11.6. The molecule has 5 rings (SSSR count). The molecule has 0 fully saturated rings. The van der Waals surface area contributed by atoms with Crippen molar-refractivity contribution in [1.82, 2.24) is 29.3 Å². The highest BCUT2D eigenvalue weighted by Crippen LogP contribution is 2.24. The molecular weight excluding hydrogens is 400 g/mol. The minimum absolute atomic E-state index is 0.360. The van der Waals surface area contributed by atoms with Gasteiger partial charge in [0.15, 0.2) is 17.0 Å². The predicted octanol–water partition coefficient (Wildman–Crippen LogP) is 4.06. The Hall–Kier alpha value is -3.94. The number of nitrogen functional groups attached to an aromatic ring is 1. The van der Waals surface area contributed by atoms with E-state index in [4.69, 9.17) is 15.7 Å². The summed E-state index contributed by atoms with van der Waals surface area (Å²) in [5.74, 6) is 1.96. The molecule has 0 spiro atoms. The topological polar surface area (TPSA) is 99.5 Å². The number of fused-ring (bicyclic) bond motifs is 2. The van der Waals surface area contributed by atoms with Crippen LogP contribution in [0.15, 0.2) is 60.9 Å². The third kappa shape index (κ3) is 3.75. The number of nitrogens with two attached hydrogens (primary N) is 1. The molecule has 0 atom stereocenters. The standard InChI is InChI=1S/C24H26N8/c1-16(2)15-31-22-20(28-24(31)32-14-6-12-27-32)21(25)29-23(30-22)26-13-11-18-9-5-8-17-7-3-4-10-19(17)18/h3-10,12,14,16H,11,13,15H2,1-2H3,(H3,25,26,29,30). The molecule has 0 aliphatic rings. The fraction of sp³-hybridized carbons (Fsp3) is 0.250. The van der Waals surface area contributed by atoms with E-state index in [-0.39, 0.29) is 0 Å². The van der Waals surface area contributed by atoms with Crippen LogP contribution in [0.2, 0.25) is 0 Å². The average molecular weight is 427 g/mol. The first-order chi connectivity index (χ1) is 15.6. The zero-order chi connectivity index (χ0) is 22.1. The van der Waals surface area contributed by atoms with Crippen LogP contribution >= 0.6 is 0 Å². The van der Waals surface area contributed by atoms with E-state index in [1.165, 1.54) is 16.3 Å². The third-order valence-corrected chi connectivity index (χ3v) is 5.42. The van der Waals surface area contributed by atoms with E-state index in [9.17, 15) is 0 Å². The van der Waals surface area contributed by atoms with Crippen LogP contribution in [0.3, 0.4) is 0 Å². The van der Waals surface area contributed by atoms with E-state index < -0.39 is 0 Å². The monoisotopic (exact) mass is 426 g/mol. The summed E-state index contributed by atoms with van der Waals surface area (Å²) in [7, 11) is 0. The molecule has 0 saturated heterocycles. The molecule has 0 bridgehead atoms. The first kappa shape index (κ1) is 20.0. The van der Waals surface area contributed by atoms with Gasteiger partial charge in [0.25, 0.3) is 0 Å². The van der Waals surface area contributed by atoms with Crippen molar-refractivity contribution in [2.75, 3.05) is 17.6 Å². The molecule has 2 aromatic carbocycles. The van der Waals surface area contributed by atoms with Gasteiger partial charge in [-0.25, -0.2) is 9.67 Å². The lowest BCUT2D eigenvalue weighted by molar-refractivity contribution is 0.518. The van der Waals surface area contributed by atoms with Crippen molar-refractivity contribution in [3.63, 3.8) is 0 Å². The van der Waals surface area contributed by atoms with Crippen molar-refractivity contribution in [2.45, 2.75) is 26.8 Å². The van der Waals surface area contributed by atoms with Gasteiger partial charge in [-0.05, 0) is 34.7 Å². The summed E-state index contributed by atoms with van der Waals surface area (Å²) in [4.78, 5) is 13.9. The fourth-order valence-electron chi connectivity index (χ4n) is 4.00. The second kappa shape index (κ2) is 8.30. The summed E-state index contributed by atoms with van der Waals surface area (Å²) in [6, 6.07) is 16.7. The fourth-order valence-corrected chi connectivity index (χ4v) is 4.00. The zero-order valence-electron chi connectivity index (χ0n) is 18.2. The molecule has 0 amide bonds. The largest absolute Gasteiger partial charge is 0.382 e. The Balaban J connectivity index is 1.44. The average Bonchev–Trinajstić information content (AvgIpc) is 3.43. The Morgan fingerprint density at radius 2 is 1.84 bits per heavy atom. The lowest BCUT2D eigenvalue weighted by Crippen LogP contribution is -2.13. The minimum Gasteiger partial charge on any atom is -0.382 e. The van der Waals surface area contributed by atoms with Gasteiger partial charge in [-0.15, -0.1) is 0 Å². The van der Waals surface area contributed by atoms with Crippen LogP contribution < -0.4 is 11.1 Å². The van der Waals surface area contributed by atoms with E-state index in [1.54, 1.807) is 10.9 Å². The molecule has 3 heterocycles. The highest BCUT2D eigenvalue weighted by molar-refractivity contribution is 5.86. The number of hydrogen-bond acceptors (Lipinski definition) is 6. The van der Waals surface area contributed by atoms with Gasteiger partial charge in [0.05, 0.1) is 0 Å². The number of benzene rings is 2. The maximum absolute atomic E-state index is 6.28. The Morgan fingerprint density at radius 1 is 1.00 bits per heavy atom. The van der Waals surface area contributed by atoms with Crippen LogP contribution in [0.1, 0.15) is 19.4 Å². The van der Waals surface area contributed by atoms with Crippen LogP contribution in [0.5, 0.6) is 0 Å². The van der Waals surface area contributed by atoms with Crippen LogP contribution in [0.4, 0.5) is 11.8 Å². The van der Waals surface area contributed by atoms with Gasteiger partial charge >= 0.3 is 0 Å². The van der Waals surface area contributed by atoms with Crippen LogP contribution in [0, 0.1) is 5.92 Å². The number of aromatic nitrogens is 6. The minimum atomic E-state index is 0.360. The summed E-state index contributed by atoms with van der Waals surface area (Å²) in [5, 5.41) is 10.2. The lowest BCUT2D eigenvalue weighted by atomic mass is 10.0. The van der Waals surface area contributed by atoms with Crippen molar-refractivity contribution >= 4 is 33.7 Å². The van der Waals surface area contributed by atoms with Crippen molar-refractivity contribution in [2.24, 2.45) is 5.92 Å². The number of nitrogens with zero attached hydrogens (tertiary/aromatic N) is 6. The number of anilines is 2. The van der Waals surface area contributed by atoms with Crippen molar-refractivity contribution < 1.29 is 0 Å². The van der Waals surface area contributed by atoms with Gasteiger partial charge in [-0.1, -0.05) is 56.3 Å². The summed E-state index contributed by atoms with van der Waals surface area (Å²) in [6.45, 7) is 5.76. The van der Waals surface area contributed by atoms with Gasteiger partial charge < -0.3 is 11.1 Å². The first-order valence-electron chi connectivity index (χ1n) is 10.8. The van der Waals surface area contributed by atoms with Crippen LogP contribution in [-0.4, -0.2) is 35.8 Å². The lowest BCUT2D eigenvalue weighted by Gasteiger charge is -2.12. The number of rotatable bonds is 7. The maximum atomic E-state index is 6.28. The van der Waals surface area contributed by atoms with Crippen molar-refractivity contribution in [3.8, 4) is 5.95 Å². The Morgan fingerprint density at radius 3 is 2.66 bits per heavy atom. The number of nitrogens with one attached hydrogen (secondary N) is 1. The Labute approximate surface area is 186 Å². The maximum Gasteiger partial charge on any atom is 0.233 e. The molecule has 8 heteroatoms. The summed E-state index contributed by atoms with van der Waals surface area (Å²) in [5.41, 5.74) is 8.88. The second-order valence-electron chi connectivity index (χ2n) is 8.29. The Kier molecular flexibility index (Phi) is 5.18. The molecule has 162 valence electrons. The highest BCUT2D eigenvalue weighted by atomic mass is 15.4. The SMILES string of the molecule is CC(C)Cn1c(-n2cccn2)nc2c(N)nc(NCCc3cccc4ccccc34)nc21. The van der Waals surface area contributed by atoms with E-state index in [2.05, 4.69) is 76.3 Å². The third-order valence-electron chi connectivity index (χ3n) is 5.42. The molecule has 0 saturated carbocycles. The van der Waals surface area contributed by atoms with Gasteiger partial charge in [0.1, 0.15) is 0 Å². The molecule has 8 nitrogen and oxygen atoms in total. The molecule has 3 N–H and O–H groups in total. The quantitative estimate of drug-likeness (QED) is 0.407. The molecule has 0 radical (unpaired) electrons. The first-order valence-corrected chi connectivity index (χ1v) is 10.8. The molecule has 3 aromatic heterocycles. The molecular formula is C24H26N8. The highest BCUT2D eigenvalue weighted by Gasteiger charge is 2.19. The molecule has 32 heavy (non-hydrogen) atoms. The smallest absolute Gasteiger partial charge is 0.233 e. The van der Waals surface area contributed by atoms with Gasteiger partial charge in [-0.2, -0.15) is 15.1 Å². The Bertz CT molecular complexity index is 1360. The molecule has 0 unspecified atom stereocenters. The summed E-state index contributed by atoms with van der Waals surface area (Å²) < 4.78 is 3.79. The van der Waals surface area contributed by atoms with Crippen molar-refractivity contribution in [3.05, 3.63) is 66.5 Å². The van der Waals surface area contributed by atoms with E-state index >= 15 is 0 Å². The summed E-state index contributed by atoms with van der Waals surface area (Å²) in [6.07, 6.45) is 4.45. The zero-order valence-corrected chi connectivity index (χ0v) is 18.2. The van der Waals surface area contributed by atoms with Crippen LogP contribution in [-0.2, 0) is 13.0 Å². The molecule has 5 aromatic rings. The predicted molar refractivity (Wildman–Crippen MR) is 128 cm³/mol. The van der Waals surface area contributed by atoms with Gasteiger partial charge in [0.2, 0.25) is 11.9 Å². The van der Waals surface area contributed by atoms with Gasteiger partial charge in [-0.3, -0.25) is 4.57 Å². The van der Waals surface area contributed by atoms with Gasteiger partial charge in [0, 0.05) is 25.5 Å². The van der Waals surface area contributed by atoms with Crippen molar-refractivity contribution in [1.29, 1.82) is 0 Å². The molecule has 0 aliphatic heterocycles. The van der Waals surface area contributed by atoms with E-state index in [0.717, 1.165) is 13.0 Å². The van der Waals surface area contributed by atoms with Crippen LogP contribution in [0.25, 0.3) is 27.9 Å². The second-order valence-corrected chi connectivity index (χ2v) is 8.29. The van der Waals surface area contributed by atoms with E-state index in [0.29, 0.717) is 41.3 Å². The van der Waals surface area contributed by atoms with E-state index in [1.807, 2.05) is 12.3 Å². The number of hydrogen-bond donors (Lipinski definition) is 2.